The van der Waals surface area contributed by atoms with Crippen molar-refractivity contribution in [3.8, 4) is 0 Å². The molecule has 104 valence electrons. The van der Waals surface area contributed by atoms with Gasteiger partial charge in [0.05, 0.1) is 0 Å². The van der Waals surface area contributed by atoms with E-state index in [-0.39, 0.29) is 12.5 Å². The van der Waals surface area contributed by atoms with Crippen LogP contribution in [0.25, 0.3) is 0 Å². The summed E-state index contributed by atoms with van der Waals surface area (Å²) in [5.41, 5.74) is 0. The number of nitrogens with one attached hydrogen (secondary N) is 1. The average Bonchev–Trinajstić information content (AvgIpc) is 2.33. The molecule has 0 aromatic heterocycles. The Kier molecular flexibility index (Phi) is 6.54. The van der Waals surface area contributed by atoms with Gasteiger partial charge < -0.3 is 15.3 Å². The smallest absolute Gasteiger partial charge is 0.317 e. The number of unbranched alkanes of at least 4 members (excludes halogenated alkanes) is 2. The van der Waals surface area contributed by atoms with Gasteiger partial charge in [-0.25, -0.2) is 4.79 Å². The summed E-state index contributed by atoms with van der Waals surface area (Å²) >= 11 is 0. The molecular weight excluding hydrogens is 232 g/mol. The largest absolute Gasteiger partial charge is 0.481 e. The first-order chi connectivity index (χ1) is 8.59. The number of carboxylic acid groups (broad SMARTS) is 1. The highest BCUT2D eigenvalue weighted by atomic mass is 16.4. The molecule has 5 nitrogen and oxygen atoms in total. The molecule has 2 N–H and O–H groups in total. The van der Waals surface area contributed by atoms with Gasteiger partial charge in [0.2, 0.25) is 0 Å². The van der Waals surface area contributed by atoms with Crippen molar-refractivity contribution in [2.45, 2.75) is 45.4 Å². The highest BCUT2D eigenvalue weighted by molar-refractivity contribution is 5.74. The number of rotatable bonds is 6. The third-order valence-electron chi connectivity index (χ3n) is 3.29. The third kappa shape index (κ3) is 5.89. The van der Waals surface area contributed by atoms with Gasteiger partial charge in [-0.1, -0.05) is 13.3 Å². The van der Waals surface area contributed by atoms with Gasteiger partial charge in [-0.2, -0.15) is 0 Å². The molecule has 2 amide bonds. The molecule has 1 aliphatic heterocycles. The summed E-state index contributed by atoms with van der Waals surface area (Å²) in [4.78, 5) is 24.0. The minimum Gasteiger partial charge on any atom is -0.481 e. The van der Waals surface area contributed by atoms with Crippen LogP contribution in [0.5, 0.6) is 0 Å². The molecule has 1 fully saturated rings. The van der Waals surface area contributed by atoms with Crippen LogP contribution in [0.3, 0.4) is 0 Å². The first kappa shape index (κ1) is 14.8. The van der Waals surface area contributed by atoms with E-state index >= 15 is 0 Å². The van der Waals surface area contributed by atoms with Crippen molar-refractivity contribution in [1.29, 1.82) is 0 Å². The molecule has 1 aliphatic rings. The highest BCUT2D eigenvalue weighted by Crippen LogP contribution is 2.15. The predicted octanol–water partition coefficient (Wildman–Crippen LogP) is 2.07. The van der Waals surface area contributed by atoms with Crippen LogP contribution in [-0.4, -0.2) is 41.6 Å². The second-order valence-corrected chi connectivity index (χ2v) is 5.13. The molecule has 0 aromatic carbocycles. The number of likely N-dealkylation sites (tertiary alicyclic amines) is 1. The number of aliphatic carboxylic acids is 1. The molecule has 0 aliphatic carbocycles. The lowest BCUT2D eigenvalue weighted by molar-refractivity contribution is -0.137. The summed E-state index contributed by atoms with van der Waals surface area (Å²) in [5.74, 6) is -0.151. The maximum Gasteiger partial charge on any atom is 0.317 e. The molecule has 0 aromatic rings. The summed E-state index contributed by atoms with van der Waals surface area (Å²) < 4.78 is 0. The van der Waals surface area contributed by atoms with E-state index in [1.807, 2.05) is 4.90 Å². The van der Waals surface area contributed by atoms with Crippen molar-refractivity contribution in [2.75, 3.05) is 19.6 Å². The molecule has 1 rings (SSSR count). The number of carbonyl (C=O) groups excluding carboxylic acids is 1. The highest BCUT2D eigenvalue weighted by Gasteiger charge is 2.20. The van der Waals surface area contributed by atoms with Crippen molar-refractivity contribution in [3.63, 3.8) is 0 Å². The van der Waals surface area contributed by atoms with Crippen LogP contribution < -0.4 is 5.32 Å². The molecule has 1 atom stereocenters. The summed E-state index contributed by atoms with van der Waals surface area (Å²) in [5, 5.41) is 11.4. The van der Waals surface area contributed by atoms with Gasteiger partial charge in [0, 0.05) is 26.1 Å². The quantitative estimate of drug-likeness (QED) is 0.715. The van der Waals surface area contributed by atoms with Crippen LogP contribution >= 0.6 is 0 Å². The Hall–Kier alpha value is -1.26. The molecule has 0 radical (unpaired) electrons. The third-order valence-corrected chi connectivity index (χ3v) is 3.29. The number of carboxylic acids is 1. The van der Waals surface area contributed by atoms with Crippen molar-refractivity contribution in [1.82, 2.24) is 10.2 Å². The summed E-state index contributed by atoms with van der Waals surface area (Å²) in [6.07, 6.45) is 4.90. The molecular formula is C13H24N2O3. The Balaban J connectivity index is 2.04. The van der Waals surface area contributed by atoms with Crippen LogP contribution in [0.4, 0.5) is 4.79 Å². The summed E-state index contributed by atoms with van der Waals surface area (Å²) in [7, 11) is 0. The lowest BCUT2D eigenvalue weighted by Gasteiger charge is -2.30. The van der Waals surface area contributed by atoms with Crippen LogP contribution in [0.2, 0.25) is 0 Å². The molecule has 18 heavy (non-hydrogen) atoms. The lowest BCUT2D eigenvalue weighted by atomic mass is 10.0. The van der Waals surface area contributed by atoms with Crippen molar-refractivity contribution >= 4 is 12.0 Å². The van der Waals surface area contributed by atoms with E-state index in [2.05, 4.69) is 12.2 Å². The summed E-state index contributed by atoms with van der Waals surface area (Å²) in [6.45, 7) is 4.52. The zero-order chi connectivity index (χ0) is 13.4. The topological polar surface area (TPSA) is 69.6 Å². The fourth-order valence-corrected chi connectivity index (χ4v) is 2.26. The van der Waals surface area contributed by atoms with E-state index < -0.39 is 5.97 Å². The van der Waals surface area contributed by atoms with E-state index in [0.29, 0.717) is 18.9 Å². The van der Waals surface area contributed by atoms with Gasteiger partial charge >= 0.3 is 12.0 Å². The van der Waals surface area contributed by atoms with Gasteiger partial charge in [-0.15, -0.1) is 0 Å². The normalized spacial score (nSPS) is 19.6. The number of nitrogens with zero attached hydrogens (tertiary/aromatic N) is 1. The van der Waals surface area contributed by atoms with Gasteiger partial charge in [0.15, 0.2) is 0 Å². The second kappa shape index (κ2) is 7.95. The monoisotopic (exact) mass is 256 g/mol. The second-order valence-electron chi connectivity index (χ2n) is 5.13. The molecule has 0 spiro atoms. The molecule has 0 saturated carbocycles. The van der Waals surface area contributed by atoms with E-state index in [1.165, 1.54) is 6.42 Å². The zero-order valence-electron chi connectivity index (χ0n) is 11.2. The standard InChI is InChI=1S/C13H24N2O3/c1-11-6-5-9-15(10-11)13(18)14-8-4-2-3-7-12(16)17/h11H,2-10H2,1H3,(H,14,18)(H,16,17). The van der Waals surface area contributed by atoms with E-state index in [1.54, 1.807) is 0 Å². The fraction of sp³-hybridized carbons (Fsp3) is 0.846. The molecule has 1 heterocycles. The van der Waals surface area contributed by atoms with Crippen molar-refractivity contribution in [3.05, 3.63) is 0 Å². The lowest BCUT2D eigenvalue weighted by Crippen LogP contribution is -2.45. The van der Waals surface area contributed by atoms with Crippen LogP contribution in [-0.2, 0) is 4.79 Å². The number of piperidine rings is 1. The SMILES string of the molecule is CC1CCCN(C(=O)NCCCCCC(=O)O)C1. The van der Waals surface area contributed by atoms with E-state index in [0.717, 1.165) is 32.4 Å². The predicted molar refractivity (Wildman–Crippen MR) is 69.5 cm³/mol. The van der Waals surface area contributed by atoms with Gasteiger partial charge in [-0.05, 0) is 31.6 Å². The number of urea groups is 1. The first-order valence-electron chi connectivity index (χ1n) is 6.84. The van der Waals surface area contributed by atoms with Gasteiger partial charge in [-0.3, -0.25) is 4.79 Å². The van der Waals surface area contributed by atoms with Crippen LogP contribution in [0.15, 0.2) is 0 Å². The number of hydrogen-bond donors (Lipinski definition) is 2. The first-order valence-corrected chi connectivity index (χ1v) is 6.84. The Morgan fingerprint density at radius 1 is 1.33 bits per heavy atom. The average molecular weight is 256 g/mol. The Bertz CT molecular complexity index is 281. The Morgan fingerprint density at radius 2 is 2.11 bits per heavy atom. The minimum absolute atomic E-state index is 0.0276. The van der Waals surface area contributed by atoms with E-state index in [4.69, 9.17) is 5.11 Å². The van der Waals surface area contributed by atoms with Crippen LogP contribution in [0, 0.1) is 5.92 Å². The molecule has 5 heteroatoms. The van der Waals surface area contributed by atoms with Crippen LogP contribution in [0.1, 0.15) is 45.4 Å². The van der Waals surface area contributed by atoms with Gasteiger partial charge in [0.25, 0.3) is 0 Å². The summed E-state index contributed by atoms with van der Waals surface area (Å²) in [6, 6.07) is 0.0276. The maximum atomic E-state index is 11.8. The molecule has 1 saturated heterocycles. The van der Waals surface area contributed by atoms with Gasteiger partial charge in [0.1, 0.15) is 0 Å². The zero-order valence-corrected chi connectivity index (χ0v) is 11.2. The number of carbonyl (C=O) groups is 2. The van der Waals surface area contributed by atoms with Crippen molar-refractivity contribution in [2.24, 2.45) is 5.92 Å². The minimum atomic E-state index is -0.749. The number of hydrogen-bond acceptors (Lipinski definition) is 2. The fourth-order valence-electron chi connectivity index (χ4n) is 2.26. The Morgan fingerprint density at radius 3 is 2.78 bits per heavy atom. The van der Waals surface area contributed by atoms with Crippen molar-refractivity contribution < 1.29 is 14.7 Å². The molecule has 0 bridgehead atoms. The van der Waals surface area contributed by atoms with E-state index in [9.17, 15) is 9.59 Å². The number of amides is 2. The maximum absolute atomic E-state index is 11.8. The Labute approximate surface area is 109 Å². The molecule has 1 unspecified atom stereocenters.